The van der Waals surface area contributed by atoms with Crippen molar-refractivity contribution in [3.63, 3.8) is 0 Å². The number of amides is 1. The molecule has 0 N–H and O–H groups in total. The lowest BCUT2D eigenvalue weighted by Gasteiger charge is -2.40. The van der Waals surface area contributed by atoms with Crippen LogP contribution in [0.2, 0.25) is 0 Å². The van der Waals surface area contributed by atoms with Crippen LogP contribution in [0.5, 0.6) is 0 Å². The van der Waals surface area contributed by atoms with Gasteiger partial charge in [-0.15, -0.1) is 0 Å². The highest BCUT2D eigenvalue weighted by atomic mass is 19.1. The van der Waals surface area contributed by atoms with Gasteiger partial charge in [0.2, 0.25) is 5.91 Å². The van der Waals surface area contributed by atoms with E-state index in [1.54, 1.807) is 0 Å². The Labute approximate surface area is 113 Å². The van der Waals surface area contributed by atoms with Crippen molar-refractivity contribution in [2.75, 3.05) is 6.54 Å². The van der Waals surface area contributed by atoms with Gasteiger partial charge < -0.3 is 4.90 Å². The zero-order chi connectivity index (χ0) is 13.2. The average Bonchev–Trinajstić information content (AvgIpc) is 2.37. The zero-order valence-electron chi connectivity index (χ0n) is 11.1. The van der Waals surface area contributed by atoms with Crippen LogP contribution in [0, 0.1) is 11.7 Å². The average molecular weight is 261 g/mol. The fraction of sp³-hybridized carbons (Fsp3) is 0.562. The van der Waals surface area contributed by atoms with E-state index >= 15 is 0 Å². The molecule has 102 valence electrons. The summed E-state index contributed by atoms with van der Waals surface area (Å²) in [5.41, 5.74) is 1.08. The minimum Gasteiger partial charge on any atom is -0.335 e. The molecule has 2 aliphatic rings. The minimum atomic E-state index is -0.212. The van der Waals surface area contributed by atoms with E-state index < -0.39 is 0 Å². The maximum Gasteiger partial charge on any atom is 0.226 e. The lowest BCUT2D eigenvalue weighted by atomic mass is 9.83. The van der Waals surface area contributed by atoms with Crippen molar-refractivity contribution < 1.29 is 9.18 Å². The lowest BCUT2D eigenvalue weighted by Crippen LogP contribution is -2.43. The Balaban J connectivity index is 1.80. The highest BCUT2D eigenvalue weighted by Gasteiger charge is 2.34. The van der Waals surface area contributed by atoms with Crippen LogP contribution >= 0.6 is 0 Å². The molecular formula is C16H20FNO. The van der Waals surface area contributed by atoms with Gasteiger partial charge in [-0.05, 0) is 49.8 Å². The van der Waals surface area contributed by atoms with Gasteiger partial charge in [-0.2, -0.15) is 0 Å². The fourth-order valence-corrected chi connectivity index (χ4v) is 3.12. The van der Waals surface area contributed by atoms with Crippen LogP contribution in [0.25, 0.3) is 0 Å². The third-order valence-electron chi connectivity index (χ3n) is 4.50. The maximum atomic E-state index is 13.0. The molecule has 1 aromatic rings. The molecule has 0 radical (unpaired) electrons. The Morgan fingerprint density at radius 2 is 1.79 bits per heavy atom. The number of carbonyl (C=O) groups excluding carboxylic acids is 1. The van der Waals surface area contributed by atoms with Gasteiger partial charge in [-0.25, -0.2) is 4.39 Å². The molecule has 2 nitrogen and oxygen atoms in total. The Morgan fingerprint density at radius 1 is 1.05 bits per heavy atom. The molecule has 1 amide bonds. The molecule has 0 bridgehead atoms. The second kappa shape index (κ2) is 5.32. The van der Waals surface area contributed by atoms with E-state index in [9.17, 15) is 9.18 Å². The zero-order valence-corrected chi connectivity index (χ0v) is 11.1. The second-order valence-corrected chi connectivity index (χ2v) is 5.72. The van der Waals surface area contributed by atoms with Gasteiger partial charge >= 0.3 is 0 Å². The highest BCUT2D eigenvalue weighted by Crippen LogP contribution is 2.36. The van der Waals surface area contributed by atoms with Gasteiger partial charge in [0.15, 0.2) is 0 Å². The van der Waals surface area contributed by atoms with Crippen LogP contribution in [-0.4, -0.2) is 17.4 Å². The molecule has 1 aliphatic heterocycles. The number of nitrogens with zero attached hydrogens (tertiary/aromatic N) is 1. The topological polar surface area (TPSA) is 20.3 Å². The number of hydrogen-bond acceptors (Lipinski definition) is 1. The Kier molecular flexibility index (Phi) is 3.54. The first-order valence-corrected chi connectivity index (χ1v) is 7.31. The first-order chi connectivity index (χ1) is 9.25. The number of carbonyl (C=O) groups is 1. The van der Waals surface area contributed by atoms with Crippen molar-refractivity contribution in [3.05, 3.63) is 35.6 Å². The Hall–Kier alpha value is -1.38. The van der Waals surface area contributed by atoms with Crippen molar-refractivity contribution >= 4 is 5.91 Å². The number of piperidine rings is 1. The first kappa shape index (κ1) is 12.6. The smallest absolute Gasteiger partial charge is 0.226 e. The molecule has 3 heteroatoms. The van der Waals surface area contributed by atoms with E-state index in [2.05, 4.69) is 0 Å². The maximum absolute atomic E-state index is 13.0. The van der Waals surface area contributed by atoms with E-state index in [1.165, 1.54) is 18.6 Å². The predicted molar refractivity (Wildman–Crippen MR) is 72.0 cm³/mol. The summed E-state index contributed by atoms with van der Waals surface area (Å²) in [5.74, 6) is 0.359. The van der Waals surface area contributed by atoms with Crippen molar-refractivity contribution in [1.29, 1.82) is 0 Å². The molecule has 2 fully saturated rings. The largest absolute Gasteiger partial charge is 0.335 e. The Bertz CT molecular complexity index is 452. The standard InChI is InChI=1S/C16H20FNO/c17-14-9-7-12(8-10-14)15-6-1-2-11-18(15)16(19)13-4-3-5-13/h7-10,13,15H,1-6,11H2. The van der Waals surface area contributed by atoms with E-state index in [4.69, 9.17) is 0 Å². The molecule has 1 aromatic carbocycles. The number of hydrogen-bond donors (Lipinski definition) is 0. The van der Waals surface area contributed by atoms with Crippen LogP contribution in [0.4, 0.5) is 4.39 Å². The number of rotatable bonds is 2. The van der Waals surface area contributed by atoms with Gasteiger partial charge in [-0.1, -0.05) is 18.6 Å². The molecule has 1 aliphatic carbocycles. The van der Waals surface area contributed by atoms with Crippen LogP contribution in [0.3, 0.4) is 0 Å². The van der Waals surface area contributed by atoms with Crippen molar-refractivity contribution in [2.24, 2.45) is 5.92 Å². The van der Waals surface area contributed by atoms with E-state index in [1.807, 2.05) is 17.0 Å². The van der Waals surface area contributed by atoms with Crippen LogP contribution in [0.15, 0.2) is 24.3 Å². The minimum absolute atomic E-state index is 0.155. The molecule has 19 heavy (non-hydrogen) atoms. The molecule has 1 atom stereocenters. The van der Waals surface area contributed by atoms with Crippen molar-refractivity contribution in [1.82, 2.24) is 4.90 Å². The van der Waals surface area contributed by atoms with Gasteiger partial charge in [0.05, 0.1) is 6.04 Å². The third-order valence-corrected chi connectivity index (χ3v) is 4.50. The summed E-state index contributed by atoms with van der Waals surface area (Å²) < 4.78 is 13.0. The first-order valence-electron chi connectivity index (χ1n) is 7.31. The van der Waals surface area contributed by atoms with E-state index in [-0.39, 0.29) is 17.8 Å². The van der Waals surface area contributed by atoms with Gasteiger partial charge in [0.1, 0.15) is 5.82 Å². The summed E-state index contributed by atoms with van der Waals surface area (Å²) in [4.78, 5) is 14.5. The van der Waals surface area contributed by atoms with E-state index in [0.29, 0.717) is 5.91 Å². The molecule has 1 heterocycles. The van der Waals surface area contributed by atoms with Crippen LogP contribution in [0.1, 0.15) is 50.1 Å². The molecule has 1 saturated carbocycles. The number of likely N-dealkylation sites (tertiary alicyclic amines) is 1. The van der Waals surface area contributed by atoms with Gasteiger partial charge in [0.25, 0.3) is 0 Å². The fourth-order valence-electron chi connectivity index (χ4n) is 3.12. The summed E-state index contributed by atoms with van der Waals surface area (Å²) in [6.07, 6.45) is 6.53. The second-order valence-electron chi connectivity index (χ2n) is 5.72. The molecule has 0 aromatic heterocycles. The summed E-state index contributed by atoms with van der Waals surface area (Å²) in [6, 6.07) is 6.80. The van der Waals surface area contributed by atoms with Crippen LogP contribution < -0.4 is 0 Å². The summed E-state index contributed by atoms with van der Waals surface area (Å²) in [7, 11) is 0. The lowest BCUT2D eigenvalue weighted by molar-refractivity contribution is -0.142. The van der Waals surface area contributed by atoms with Crippen LogP contribution in [-0.2, 0) is 4.79 Å². The quantitative estimate of drug-likeness (QED) is 0.795. The number of halogens is 1. The van der Waals surface area contributed by atoms with Gasteiger partial charge in [0, 0.05) is 12.5 Å². The molecule has 1 saturated heterocycles. The van der Waals surface area contributed by atoms with Crippen molar-refractivity contribution in [3.8, 4) is 0 Å². The molecule has 1 unspecified atom stereocenters. The predicted octanol–water partition coefficient (Wildman–Crippen LogP) is 3.68. The summed E-state index contributed by atoms with van der Waals surface area (Å²) in [5, 5.41) is 0. The summed E-state index contributed by atoms with van der Waals surface area (Å²) in [6.45, 7) is 0.859. The Morgan fingerprint density at radius 3 is 2.42 bits per heavy atom. The monoisotopic (exact) mass is 261 g/mol. The third kappa shape index (κ3) is 2.51. The molecule has 0 spiro atoms. The van der Waals surface area contributed by atoms with Crippen molar-refractivity contribution in [2.45, 2.75) is 44.6 Å². The molecule has 3 rings (SSSR count). The van der Waals surface area contributed by atoms with Gasteiger partial charge in [-0.3, -0.25) is 4.79 Å². The number of benzene rings is 1. The SMILES string of the molecule is O=C(C1CCC1)N1CCCCC1c1ccc(F)cc1. The summed E-state index contributed by atoms with van der Waals surface area (Å²) >= 11 is 0. The molecular weight excluding hydrogens is 241 g/mol. The van der Waals surface area contributed by atoms with E-state index in [0.717, 1.165) is 44.2 Å². The highest BCUT2D eigenvalue weighted by molar-refractivity contribution is 5.80. The normalized spacial score (nSPS) is 24.1.